The van der Waals surface area contributed by atoms with E-state index in [1.165, 1.54) is 0 Å². The number of hydrogen-bond acceptors (Lipinski definition) is 2. The van der Waals surface area contributed by atoms with Crippen molar-refractivity contribution >= 4 is 16.5 Å². The molecule has 2 nitrogen and oxygen atoms in total. The molecule has 0 amide bonds. The first-order chi connectivity index (χ1) is 13.4. The summed E-state index contributed by atoms with van der Waals surface area (Å²) >= 11 is 0. The van der Waals surface area contributed by atoms with Crippen LogP contribution in [-0.4, -0.2) is 12.2 Å². The van der Waals surface area contributed by atoms with Gasteiger partial charge in [0.15, 0.2) is 0 Å². The number of nitrogens with two attached hydrogens (primary N) is 1. The smallest absolute Gasteiger partial charge is 0.398 e. The highest BCUT2D eigenvalue weighted by molar-refractivity contribution is 5.86. The van der Waals surface area contributed by atoms with E-state index < -0.39 is 18.3 Å². The summed E-state index contributed by atoms with van der Waals surface area (Å²) in [7, 11) is 0. The van der Waals surface area contributed by atoms with Crippen molar-refractivity contribution in [1.29, 1.82) is 0 Å². The quantitative estimate of drug-likeness (QED) is 0.465. The molecule has 0 aliphatic carbocycles. The number of halogens is 3. The van der Waals surface area contributed by atoms with E-state index in [-0.39, 0.29) is 6.42 Å². The zero-order valence-electron chi connectivity index (χ0n) is 15.4. The predicted octanol–water partition coefficient (Wildman–Crippen LogP) is 5.45. The first-order valence-electron chi connectivity index (χ1n) is 9.00. The Morgan fingerprint density at radius 1 is 0.964 bits per heavy atom. The second-order valence-corrected chi connectivity index (χ2v) is 6.64. The van der Waals surface area contributed by atoms with Gasteiger partial charge < -0.3 is 5.73 Å². The first-order valence-corrected chi connectivity index (χ1v) is 9.00. The van der Waals surface area contributed by atoms with Crippen LogP contribution in [0.15, 0.2) is 66.7 Å². The fourth-order valence-corrected chi connectivity index (χ4v) is 3.15. The molecule has 0 saturated heterocycles. The summed E-state index contributed by atoms with van der Waals surface area (Å²) in [5.41, 5.74) is 7.61. The van der Waals surface area contributed by atoms with Crippen LogP contribution in [0, 0.1) is 11.8 Å². The van der Waals surface area contributed by atoms with E-state index in [2.05, 4.69) is 17.2 Å². The Hall–Kier alpha value is -2.97. The van der Waals surface area contributed by atoms with Gasteiger partial charge in [-0.2, -0.15) is 13.2 Å². The highest BCUT2D eigenvalue weighted by Crippen LogP contribution is 2.28. The third-order valence-corrected chi connectivity index (χ3v) is 4.63. The average Bonchev–Trinajstić information content (AvgIpc) is 2.67. The van der Waals surface area contributed by atoms with Gasteiger partial charge >= 0.3 is 6.18 Å². The predicted molar refractivity (Wildman–Crippen MR) is 108 cm³/mol. The minimum absolute atomic E-state index is 0.354. The number of nitrogen functional groups attached to an aromatic ring is 1. The zero-order valence-corrected chi connectivity index (χ0v) is 15.4. The van der Waals surface area contributed by atoms with Crippen molar-refractivity contribution in [1.82, 2.24) is 5.32 Å². The van der Waals surface area contributed by atoms with Crippen molar-refractivity contribution in [3.05, 3.63) is 77.9 Å². The van der Waals surface area contributed by atoms with E-state index in [1.54, 1.807) is 31.2 Å². The molecule has 0 heterocycles. The maximum Gasteiger partial charge on any atom is 0.404 e. The van der Waals surface area contributed by atoms with E-state index >= 15 is 0 Å². The number of alkyl halides is 3. The Labute approximate surface area is 162 Å². The number of para-hydroxylation sites is 1. The van der Waals surface area contributed by atoms with Crippen molar-refractivity contribution in [2.45, 2.75) is 31.6 Å². The lowest BCUT2D eigenvalue weighted by molar-refractivity contribution is -0.156. The van der Waals surface area contributed by atoms with Gasteiger partial charge in [-0.25, -0.2) is 0 Å². The number of rotatable bonds is 4. The molecule has 2 atom stereocenters. The maximum atomic E-state index is 13.6. The first kappa shape index (κ1) is 19.8. The molecule has 0 saturated carbocycles. The molecule has 0 fully saturated rings. The molecule has 0 spiro atoms. The molecule has 0 aliphatic rings. The van der Waals surface area contributed by atoms with Gasteiger partial charge in [0.05, 0.1) is 0 Å². The summed E-state index contributed by atoms with van der Waals surface area (Å²) in [6.07, 6.45) is -4.76. The summed E-state index contributed by atoms with van der Waals surface area (Å²) in [4.78, 5) is 0. The summed E-state index contributed by atoms with van der Waals surface area (Å²) < 4.78 is 40.7. The fourth-order valence-electron chi connectivity index (χ4n) is 3.15. The number of hydrogen-bond donors (Lipinski definition) is 2. The van der Waals surface area contributed by atoms with E-state index in [9.17, 15) is 13.2 Å². The van der Waals surface area contributed by atoms with E-state index in [1.807, 2.05) is 42.5 Å². The van der Waals surface area contributed by atoms with Gasteiger partial charge in [0, 0.05) is 23.7 Å². The third-order valence-electron chi connectivity index (χ3n) is 4.63. The highest BCUT2D eigenvalue weighted by Gasteiger charge is 2.39. The molecule has 144 valence electrons. The van der Waals surface area contributed by atoms with Crippen molar-refractivity contribution < 1.29 is 13.2 Å². The number of benzene rings is 3. The molecule has 1 unspecified atom stereocenters. The van der Waals surface area contributed by atoms with E-state index in [4.69, 9.17) is 5.73 Å². The second-order valence-electron chi connectivity index (χ2n) is 6.64. The van der Waals surface area contributed by atoms with Crippen LogP contribution in [-0.2, 0) is 0 Å². The molecule has 28 heavy (non-hydrogen) atoms. The van der Waals surface area contributed by atoms with E-state index in [0.29, 0.717) is 11.3 Å². The van der Waals surface area contributed by atoms with Crippen molar-refractivity contribution in [2.24, 2.45) is 0 Å². The maximum absolute atomic E-state index is 13.6. The molecular formula is C23H21F3N2. The standard InChI is InChI=1S/C23H21F3N2/c1-16(19-13-6-10-17-8-2-4-12-20(17)19)28-22(23(24,25)26)15-7-11-18-9-3-5-14-21(18)27/h2-6,8-10,12-14,16,22,28H,15,27H2,1H3/t16-,22?/m1/s1. The van der Waals surface area contributed by atoms with Crippen LogP contribution in [0.5, 0.6) is 0 Å². The monoisotopic (exact) mass is 382 g/mol. The van der Waals surface area contributed by atoms with Crippen LogP contribution in [0.3, 0.4) is 0 Å². The Kier molecular flexibility index (Phi) is 5.91. The van der Waals surface area contributed by atoms with Crippen molar-refractivity contribution in [2.75, 3.05) is 5.73 Å². The molecule has 3 aromatic rings. The summed E-state index contributed by atoms with van der Waals surface area (Å²) in [6, 6.07) is 18.0. The number of nitrogens with one attached hydrogen (secondary N) is 1. The number of fused-ring (bicyclic) bond motifs is 1. The van der Waals surface area contributed by atoms with Gasteiger partial charge in [0.25, 0.3) is 0 Å². The van der Waals surface area contributed by atoms with Crippen molar-refractivity contribution in [3.63, 3.8) is 0 Å². The van der Waals surface area contributed by atoms with Crippen LogP contribution in [0.4, 0.5) is 18.9 Å². The summed E-state index contributed by atoms with van der Waals surface area (Å²) in [5.74, 6) is 5.37. The summed E-state index contributed by atoms with van der Waals surface area (Å²) in [6.45, 7) is 1.74. The lowest BCUT2D eigenvalue weighted by Gasteiger charge is -2.25. The van der Waals surface area contributed by atoms with Gasteiger partial charge in [0.1, 0.15) is 6.04 Å². The number of anilines is 1. The SMILES string of the molecule is C[C@@H](NC(CC#Cc1ccccc1N)C(F)(F)F)c1cccc2ccccc12. The molecule has 0 aromatic heterocycles. The molecule has 3 rings (SSSR count). The molecule has 3 N–H and O–H groups in total. The highest BCUT2D eigenvalue weighted by atomic mass is 19.4. The lowest BCUT2D eigenvalue weighted by Crippen LogP contribution is -2.43. The third kappa shape index (κ3) is 4.65. The zero-order chi connectivity index (χ0) is 20.1. The molecule has 5 heteroatoms. The van der Waals surface area contributed by atoms with Gasteiger partial charge in [0.2, 0.25) is 0 Å². The molecular weight excluding hydrogens is 361 g/mol. The lowest BCUT2D eigenvalue weighted by atomic mass is 9.98. The largest absolute Gasteiger partial charge is 0.404 e. The molecule has 0 bridgehead atoms. The van der Waals surface area contributed by atoms with Gasteiger partial charge in [-0.05, 0) is 35.4 Å². The van der Waals surface area contributed by atoms with E-state index in [0.717, 1.165) is 16.3 Å². The Balaban J connectivity index is 1.80. The Morgan fingerprint density at radius 2 is 1.64 bits per heavy atom. The van der Waals surface area contributed by atoms with Gasteiger partial charge in [-0.1, -0.05) is 66.4 Å². The molecule has 3 aromatic carbocycles. The van der Waals surface area contributed by atoms with Crippen LogP contribution in [0.25, 0.3) is 10.8 Å². The normalized spacial score (nSPS) is 13.6. The van der Waals surface area contributed by atoms with Crippen LogP contribution < -0.4 is 11.1 Å². The van der Waals surface area contributed by atoms with Gasteiger partial charge in [-0.3, -0.25) is 5.32 Å². The minimum Gasteiger partial charge on any atom is -0.398 e. The Bertz CT molecular complexity index is 1010. The Morgan fingerprint density at radius 3 is 2.39 bits per heavy atom. The van der Waals surface area contributed by atoms with Crippen LogP contribution in [0.2, 0.25) is 0 Å². The topological polar surface area (TPSA) is 38.0 Å². The molecule has 0 aliphatic heterocycles. The van der Waals surface area contributed by atoms with Crippen molar-refractivity contribution in [3.8, 4) is 11.8 Å². The second kappa shape index (κ2) is 8.37. The summed E-state index contributed by atoms with van der Waals surface area (Å²) in [5, 5.41) is 4.64. The molecule has 0 radical (unpaired) electrons. The van der Waals surface area contributed by atoms with Crippen LogP contribution in [0.1, 0.15) is 30.5 Å². The minimum atomic E-state index is -4.41. The van der Waals surface area contributed by atoms with Gasteiger partial charge in [-0.15, -0.1) is 0 Å². The average molecular weight is 382 g/mol. The van der Waals surface area contributed by atoms with Crippen LogP contribution >= 0.6 is 0 Å². The fraction of sp³-hybridized carbons (Fsp3) is 0.217.